The van der Waals surface area contributed by atoms with E-state index in [0.29, 0.717) is 0 Å². The number of nitrogens with zero attached hydrogens (tertiary/aromatic N) is 6. The van der Waals surface area contributed by atoms with Crippen molar-refractivity contribution in [3.8, 4) is 44.5 Å². The lowest BCUT2D eigenvalue weighted by molar-refractivity contribution is 1.21. The first kappa shape index (κ1) is 64.1. The second-order valence-corrected chi connectivity index (χ2v) is 28.6. The van der Waals surface area contributed by atoms with Crippen molar-refractivity contribution >= 4 is 149 Å². The predicted octanol–water partition coefficient (Wildman–Crippen LogP) is 23.5. The van der Waals surface area contributed by atoms with Crippen molar-refractivity contribution in [2.45, 2.75) is 0 Å². The third kappa shape index (κ3) is 10.6. The van der Waals surface area contributed by atoms with Crippen LogP contribution in [0.15, 0.2) is 425 Å². The van der Waals surface area contributed by atoms with E-state index in [4.69, 9.17) is 0 Å². The normalized spacial score (nSPS) is 12.6. The summed E-state index contributed by atoms with van der Waals surface area (Å²) in [7, 11) is 0. The van der Waals surface area contributed by atoms with Gasteiger partial charge in [0.1, 0.15) is 0 Å². The molecule has 17 aromatic rings. The fourth-order valence-corrected chi connectivity index (χ4v) is 18.0. The Balaban J connectivity index is 0.922. The van der Waals surface area contributed by atoms with Crippen molar-refractivity contribution in [2.75, 3.05) is 29.4 Å². The zero-order chi connectivity index (χ0) is 72.6. The minimum absolute atomic E-state index is 0.265. The van der Waals surface area contributed by atoms with E-state index >= 15 is 0 Å². The molecule has 0 radical (unpaired) electrons. The molecule has 0 bridgehead atoms. The topological polar surface area (TPSA) is 19.4 Å². The minimum Gasteiger partial charge on any atom is -0.311 e. The summed E-state index contributed by atoms with van der Waals surface area (Å²) in [6.45, 7) is -0.538. The Hall–Kier alpha value is -14.3. The van der Waals surface area contributed by atoms with Gasteiger partial charge in [0.2, 0.25) is 0 Å². The largest absolute Gasteiger partial charge is 0.311 e. The summed E-state index contributed by atoms with van der Waals surface area (Å²) in [5, 5.41) is 0. The van der Waals surface area contributed by atoms with Gasteiger partial charge in [-0.3, -0.25) is 0 Å². The molecule has 21 rings (SSSR count). The average molecular weight is 1400 g/mol. The maximum atomic E-state index is 2.69. The van der Waals surface area contributed by atoms with Gasteiger partial charge in [0, 0.05) is 96.2 Å². The quantitative estimate of drug-likeness (QED) is 0.100. The molecule has 514 valence electrons. The highest BCUT2D eigenvalue weighted by Crippen LogP contribution is 2.56. The maximum Gasteiger partial charge on any atom is 0.252 e. The summed E-state index contributed by atoms with van der Waals surface area (Å²) in [5.74, 6) is 0. The molecule has 8 heteroatoms. The Bertz CT molecular complexity index is 6220. The summed E-state index contributed by atoms with van der Waals surface area (Å²) in [5.41, 5.74) is 35.7. The van der Waals surface area contributed by atoms with Crippen LogP contribution in [-0.4, -0.2) is 13.4 Å². The molecule has 4 aliphatic rings. The molecule has 110 heavy (non-hydrogen) atoms. The summed E-state index contributed by atoms with van der Waals surface area (Å²) >= 11 is 0. The predicted molar refractivity (Wildman–Crippen MR) is 466 cm³/mol. The summed E-state index contributed by atoms with van der Waals surface area (Å²) < 4.78 is 0. The number of anilines is 18. The molecule has 0 fully saturated rings. The smallest absolute Gasteiger partial charge is 0.252 e. The third-order valence-electron chi connectivity index (χ3n) is 22.5. The number of fused-ring (bicyclic) bond motifs is 8. The number of rotatable bonds is 14. The first-order chi connectivity index (χ1) is 54.7. The molecule has 4 aliphatic heterocycles. The molecule has 4 heterocycles. The summed E-state index contributed by atoms with van der Waals surface area (Å²) in [4.78, 5) is 15.4. The monoisotopic (exact) mass is 1400 g/mol. The third-order valence-corrected chi connectivity index (χ3v) is 22.5. The van der Waals surface area contributed by atoms with Crippen molar-refractivity contribution < 1.29 is 0 Å². The van der Waals surface area contributed by atoms with Crippen LogP contribution in [-0.2, 0) is 0 Å². The molecular formula is C102H70B2N6. The van der Waals surface area contributed by atoms with Gasteiger partial charge in [-0.15, -0.1) is 0 Å². The van der Waals surface area contributed by atoms with Crippen LogP contribution >= 0.6 is 0 Å². The maximum absolute atomic E-state index is 2.69. The lowest BCUT2D eigenvalue weighted by atomic mass is 9.30. The molecule has 0 atom stereocenters. The van der Waals surface area contributed by atoms with E-state index in [1.807, 2.05) is 0 Å². The number of benzene rings is 17. The van der Waals surface area contributed by atoms with Gasteiger partial charge in [0.25, 0.3) is 13.4 Å². The van der Waals surface area contributed by atoms with Crippen LogP contribution in [0.25, 0.3) is 44.5 Å². The Morgan fingerprint density at radius 1 is 0.182 bits per heavy atom. The second kappa shape index (κ2) is 26.9. The fraction of sp³-hybridized carbons (Fsp3) is 0. The molecule has 0 N–H and O–H groups in total. The second-order valence-electron chi connectivity index (χ2n) is 28.6. The van der Waals surface area contributed by atoms with Crippen LogP contribution in [0.2, 0.25) is 0 Å². The van der Waals surface area contributed by atoms with Gasteiger partial charge in [-0.1, -0.05) is 309 Å². The fourth-order valence-electron chi connectivity index (χ4n) is 18.0. The molecule has 6 nitrogen and oxygen atoms in total. The Morgan fingerprint density at radius 2 is 0.500 bits per heavy atom. The van der Waals surface area contributed by atoms with E-state index < -0.39 is 0 Å². The molecule has 0 spiro atoms. The molecule has 0 aliphatic carbocycles. The van der Waals surface area contributed by atoms with Crippen LogP contribution in [0.1, 0.15) is 0 Å². The van der Waals surface area contributed by atoms with Gasteiger partial charge in [-0.05, 0) is 170 Å². The minimum atomic E-state index is -0.273. The molecule has 17 aromatic carbocycles. The van der Waals surface area contributed by atoms with Crippen molar-refractivity contribution in [3.05, 3.63) is 425 Å². The first-order valence-corrected chi connectivity index (χ1v) is 38.0. The van der Waals surface area contributed by atoms with Crippen molar-refractivity contribution in [1.29, 1.82) is 0 Å². The number of hydrogen-bond donors (Lipinski definition) is 0. The van der Waals surface area contributed by atoms with Gasteiger partial charge in [-0.2, -0.15) is 0 Å². The number of para-hydroxylation sites is 10. The lowest BCUT2D eigenvalue weighted by Crippen LogP contribution is -2.65. The van der Waals surface area contributed by atoms with E-state index in [1.54, 1.807) is 0 Å². The Morgan fingerprint density at radius 3 is 0.982 bits per heavy atom. The molecule has 0 saturated heterocycles. The molecule has 0 saturated carbocycles. The summed E-state index contributed by atoms with van der Waals surface area (Å²) in [6.07, 6.45) is 0. The van der Waals surface area contributed by atoms with Crippen molar-refractivity contribution in [3.63, 3.8) is 0 Å². The van der Waals surface area contributed by atoms with E-state index in [-0.39, 0.29) is 13.4 Å². The summed E-state index contributed by atoms with van der Waals surface area (Å²) in [6, 6.07) is 157. The average Bonchev–Trinajstić information content (AvgIpc) is 0.681. The molecule has 0 aromatic heterocycles. The van der Waals surface area contributed by atoms with E-state index in [2.05, 4.69) is 454 Å². The van der Waals surface area contributed by atoms with Crippen LogP contribution in [0.5, 0.6) is 0 Å². The van der Waals surface area contributed by atoms with Gasteiger partial charge in [0.05, 0.1) is 28.4 Å². The zero-order valence-corrected chi connectivity index (χ0v) is 60.3. The van der Waals surface area contributed by atoms with Gasteiger partial charge >= 0.3 is 0 Å². The molecular weight excluding hydrogens is 1330 g/mol. The van der Waals surface area contributed by atoms with E-state index in [1.165, 1.54) is 32.8 Å². The van der Waals surface area contributed by atoms with E-state index in [0.717, 1.165) is 147 Å². The van der Waals surface area contributed by atoms with Gasteiger partial charge < -0.3 is 29.4 Å². The Kier molecular flexibility index (Phi) is 15.7. The first-order valence-electron chi connectivity index (χ1n) is 38.0. The highest BCUT2D eigenvalue weighted by molar-refractivity contribution is 7.03. The van der Waals surface area contributed by atoms with Gasteiger partial charge in [0.15, 0.2) is 0 Å². The number of hydrogen-bond acceptors (Lipinski definition) is 6. The SMILES string of the molecule is c1ccc(-c2ccccc2N(c2ccccc2)c2cc3c4c(c2)N(c2ccccc2-c2ccccc2)c2ccccc2B4c2cc4c(cc2N3c2ccccc2)N(c2c(-c3ccccc3)cccc2-c2ccccc2)c2cc(N(c3ccccc3)c3ccccc3)cc3c2B4c2ccccc2N3c2ccccc2)cc1. The van der Waals surface area contributed by atoms with Gasteiger partial charge in [-0.25, -0.2) is 0 Å². The van der Waals surface area contributed by atoms with Crippen LogP contribution in [0.4, 0.5) is 102 Å². The standard InChI is InChI=1S/C102H70B2N6/c1-10-37-71(38-11-1)82-55-28-32-61-90(82)106(77-49-22-7-23-50-77)81-67-97-100-98(68-81)109(91-62-33-29-56-83(91)72-39-12-2-13-40-72)93-64-35-31-60-87(93)104(100)88-69-89-95(70-94(88)108(97)79-53-26-9-27-54-79)110(102-84(73-41-14-3-15-42-73)57-36-58-85(102)74-43-16-4-17-44-74)99-66-80(105(75-45-18-5-19-46-75)76-47-20-6-21-48-76)65-96-101(99)103(89)86-59-30-34-63-92(86)107(96)78-51-24-8-25-52-78/h1-70H. The Labute approximate surface area is 643 Å². The van der Waals surface area contributed by atoms with Crippen molar-refractivity contribution in [1.82, 2.24) is 0 Å². The van der Waals surface area contributed by atoms with E-state index in [9.17, 15) is 0 Å². The molecule has 0 unspecified atom stereocenters. The van der Waals surface area contributed by atoms with Crippen LogP contribution < -0.4 is 62.2 Å². The highest BCUT2D eigenvalue weighted by Gasteiger charge is 2.50. The van der Waals surface area contributed by atoms with Crippen LogP contribution in [0.3, 0.4) is 0 Å². The van der Waals surface area contributed by atoms with Crippen molar-refractivity contribution in [2.24, 2.45) is 0 Å². The van der Waals surface area contributed by atoms with Crippen LogP contribution in [0, 0.1) is 0 Å². The zero-order valence-electron chi connectivity index (χ0n) is 60.3. The molecule has 0 amide bonds. The lowest BCUT2D eigenvalue weighted by Gasteiger charge is -2.48. The highest BCUT2D eigenvalue weighted by atomic mass is 15.2.